The van der Waals surface area contributed by atoms with Crippen molar-refractivity contribution in [1.29, 1.82) is 0 Å². The van der Waals surface area contributed by atoms with Crippen LogP contribution in [0, 0.1) is 13.8 Å². The van der Waals surface area contributed by atoms with Crippen LogP contribution in [0.2, 0.25) is 0 Å². The molecule has 2 aromatic carbocycles. The van der Waals surface area contributed by atoms with E-state index < -0.39 is 0 Å². The van der Waals surface area contributed by atoms with Gasteiger partial charge >= 0.3 is 0 Å². The third kappa shape index (κ3) is 4.07. The Bertz CT molecular complexity index is 837. The van der Waals surface area contributed by atoms with Crippen LogP contribution in [0.1, 0.15) is 32.9 Å². The molecule has 0 aliphatic heterocycles. The summed E-state index contributed by atoms with van der Waals surface area (Å²) in [7, 11) is 0. The van der Waals surface area contributed by atoms with E-state index in [0.717, 1.165) is 22.6 Å². The first-order valence-corrected chi connectivity index (χ1v) is 8.11. The van der Waals surface area contributed by atoms with Gasteiger partial charge in [0.05, 0.1) is 16.8 Å². The van der Waals surface area contributed by atoms with Gasteiger partial charge in [0.15, 0.2) is 0 Å². The molecule has 1 N–H and O–H groups in total. The number of hydrogen-bond acceptors (Lipinski definition) is 4. The molecule has 0 aliphatic carbocycles. The van der Waals surface area contributed by atoms with E-state index in [1.165, 1.54) is 0 Å². The van der Waals surface area contributed by atoms with Crippen LogP contribution in [0.15, 0.2) is 59.1 Å². The molecule has 0 radical (unpaired) electrons. The maximum atomic E-state index is 12.5. The number of aromatic nitrogens is 1. The molecule has 0 fully saturated rings. The zero-order valence-corrected chi connectivity index (χ0v) is 14.3. The maximum absolute atomic E-state index is 12.5. The fourth-order valence-corrected chi connectivity index (χ4v) is 2.51. The SMILES string of the molecule is Cc1noc(C)c1COc1ccccc1C(=O)NCc1ccccc1. The maximum Gasteiger partial charge on any atom is 0.255 e. The number of para-hydroxylation sites is 1. The van der Waals surface area contributed by atoms with Crippen molar-refractivity contribution >= 4 is 5.91 Å². The van der Waals surface area contributed by atoms with E-state index in [1.54, 1.807) is 12.1 Å². The highest BCUT2D eigenvalue weighted by Gasteiger charge is 2.14. The van der Waals surface area contributed by atoms with Gasteiger partial charge in [0.25, 0.3) is 5.91 Å². The molecule has 0 atom stereocenters. The van der Waals surface area contributed by atoms with E-state index >= 15 is 0 Å². The summed E-state index contributed by atoms with van der Waals surface area (Å²) < 4.78 is 11.0. The lowest BCUT2D eigenvalue weighted by Crippen LogP contribution is -2.23. The molecule has 0 aliphatic rings. The summed E-state index contributed by atoms with van der Waals surface area (Å²) in [6.45, 7) is 4.49. The second-order valence-electron chi connectivity index (χ2n) is 5.76. The van der Waals surface area contributed by atoms with Gasteiger partial charge in [-0.3, -0.25) is 4.79 Å². The van der Waals surface area contributed by atoms with E-state index in [9.17, 15) is 4.79 Å². The number of carbonyl (C=O) groups excluding carboxylic acids is 1. The van der Waals surface area contributed by atoms with Crippen LogP contribution in [-0.2, 0) is 13.2 Å². The normalized spacial score (nSPS) is 10.5. The average Bonchev–Trinajstić information content (AvgIpc) is 2.97. The van der Waals surface area contributed by atoms with Gasteiger partial charge in [0.2, 0.25) is 0 Å². The molecule has 0 bridgehead atoms. The molecular formula is C20H20N2O3. The Morgan fingerprint density at radius 1 is 1.08 bits per heavy atom. The molecule has 3 aromatic rings. The van der Waals surface area contributed by atoms with E-state index in [1.807, 2.05) is 56.3 Å². The number of rotatable bonds is 6. The summed E-state index contributed by atoms with van der Waals surface area (Å²) >= 11 is 0. The second kappa shape index (κ2) is 7.66. The highest BCUT2D eigenvalue weighted by atomic mass is 16.5. The lowest BCUT2D eigenvalue weighted by molar-refractivity contribution is 0.0946. The number of carbonyl (C=O) groups is 1. The van der Waals surface area contributed by atoms with Crippen LogP contribution >= 0.6 is 0 Å². The Labute approximate surface area is 146 Å². The molecule has 1 heterocycles. The van der Waals surface area contributed by atoms with Gasteiger partial charge in [-0.1, -0.05) is 47.6 Å². The summed E-state index contributed by atoms with van der Waals surface area (Å²) in [5, 5.41) is 6.84. The summed E-state index contributed by atoms with van der Waals surface area (Å²) in [4.78, 5) is 12.5. The number of aryl methyl sites for hydroxylation is 2. The lowest BCUT2D eigenvalue weighted by atomic mass is 10.1. The zero-order chi connectivity index (χ0) is 17.6. The Kier molecular flexibility index (Phi) is 5.14. The van der Waals surface area contributed by atoms with Gasteiger partial charge in [-0.2, -0.15) is 0 Å². The number of benzene rings is 2. The predicted molar refractivity (Wildman–Crippen MR) is 94.4 cm³/mol. The molecule has 1 amide bonds. The first-order valence-electron chi connectivity index (χ1n) is 8.11. The van der Waals surface area contributed by atoms with Crippen LogP contribution < -0.4 is 10.1 Å². The van der Waals surface area contributed by atoms with Crippen LogP contribution in [0.4, 0.5) is 0 Å². The highest BCUT2D eigenvalue weighted by Crippen LogP contribution is 2.21. The molecule has 1 aromatic heterocycles. The number of nitrogens with one attached hydrogen (secondary N) is 1. The van der Waals surface area contributed by atoms with Crippen molar-refractivity contribution in [3.63, 3.8) is 0 Å². The van der Waals surface area contributed by atoms with Gasteiger partial charge in [0.1, 0.15) is 18.1 Å². The third-order valence-corrected chi connectivity index (χ3v) is 3.98. The largest absolute Gasteiger partial charge is 0.488 e. The minimum absolute atomic E-state index is 0.168. The van der Waals surface area contributed by atoms with Crippen molar-refractivity contribution in [3.8, 4) is 5.75 Å². The fraction of sp³-hybridized carbons (Fsp3) is 0.200. The van der Waals surface area contributed by atoms with Gasteiger partial charge < -0.3 is 14.6 Å². The van der Waals surface area contributed by atoms with Crippen LogP contribution in [0.25, 0.3) is 0 Å². The summed E-state index contributed by atoms with van der Waals surface area (Å²) in [6.07, 6.45) is 0. The van der Waals surface area contributed by atoms with Gasteiger partial charge in [0, 0.05) is 6.54 Å². The molecule has 0 saturated carbocycles. The number of ether oxygens (including phenoxy) is 1. The van der Waals surface area contributed by atoms with E-state index in [2.05, 4.69) is 10.5 Å². The van der Waals surface area contributed by atoms with Crippen molar-refractivity contribution in [1.82, 2.24) is 10.5 Å². The molecule has 3 rings (SSSR count). The highest BCUT2D eigenvalue weighted by molar-refractivity contribution is 5.96. The Hall–Kier alpha value is -3.08. The standard InChI is InChI=1S/C20H20N2O3/c1-14-18(15(2)25-22-14)13-24-19-11-7-6-10-17(19)20(23)21-12-16-8-4-3-5-9-16/h3-11H,12-13H2,1-2H3,(H,21,23). The van der Waals surface area contributed by atoms with Gasteiger partial charge in [-0.05, 0) is 31.5 Å². The Morgan fingerprint density at radius 2 is 1.80 bits per heavy atom. The summed E-state index contributed by atoms with van der Waals surface area (Å²) in [6, 6.07) is 17.0. The zero-order valence-electron chi connectivity index (χ0n) is 14.3. The van der Waals surface area contributed by atoms with E-state index in [0.29, 0.717) is 24.5 Å². The minimum Gasteiger partial charge on any atom is -0.488 e. The molecule has 0 saturated heterocycles. The quantitative estimate of drug-likeness (QED) is 0.743. The smallest absolute Gasteiger partial charge is 0.255 e. The van der Waals surface area contributed by atoms with Crippen LogP contribution in [-0.4, -0.2) is 11.1 Å². The number of amides is 1. The Morgan fingerprint density at radius 3 is 2.52 bits per heavy atom. The molecule has 25 heavy (non-hydrogen) atoms. The van der Waals surface area contributed by atoms with E-state index in [-0.39, 0.29) is 5.91 Å². The predicted octanol–water partition coefficient (Wildman–Crippen LogP) is 3.80. The summed E-state index contributed by atoms with van der Waals surface area (Å²) in [5.41, 5.74) is 3.25. The van der Waals surface area contributed by atoms with Gasteiger partial charge in [-0.25, -0.2) is 0 Å². The fourth-order valence-electron chi connectivity index (χ4n) is 2.51. The minimum atomic E-state index is -0.168. The third-order valence-electron chi connectivity index (χ3n) is 3.98. The van der Waals surface area contributed by atoms with Crippen molar-refractivity contribution in [3.05, 3.63) is 82.7 Å². The lowest BCUT2D eigenvalue weighted by Gasteiger charge is -2.11. The molecule has 128 valence electrons. The first-order chi connectivity index (χ1) is 12.1. The molecule has 5 nitrogen and oxygen atoms in total. The molecule has 5 heteroatoms. The van der Waals surface area contributed by atoms with Crippen LogP contribution in [0.5, 0.6) is 5.75 Å². The van der Waals surface area contributed by atoms with Gasteiger partial charge in [-0.15, -0.1) is 0 Å². The summed E-state index contributed by atoms with van der Waals surface area (Å²) in [5.74, 6) is 1.09. The topological polar surface area (TPSA) is 64.4 Å². The van der Waals surface area contributed by atoms with Crippen molar-refractivity contribution in [2.75, 3.05) is 0 Å². The molecule has 0 unspecified atom stereocenters. The number of nitrogens with zero attached hydrogens (tertiary/aromatic N) is 1. The van der Waals surface area contributed by atoms with Crippen molar-refractivity contribution in [2.24, 2.45) is 0 Å². The Balaban J connectivity index is 1.69. The van der Waals surface area contributed by atoms with Crippen molar-refractivity contribution in [2.45, 2.75) is 27.0 Å². The van der Waals surface area contributed by atoms with E-state index in [4.69, 9.17) is 9.26 Å². The van der Waals surface area contributed by atoms with Crippen LogP contribution in [0.3, 0.4) is 0 Å². The monoisotopic (exact) mass is 336 g/mol. The molecule has 0 spiro atoms. The second-order valence-corrected chi connectivity index (χ2v) is 5.76. The average molecular weight is 336 g/mol. The molecular weight excluding hydrogens is 316 g/mol. The number of hydrogen-bond donors (Lipinski definition) is 1. The first kappa shape index (κ1) is 16.8. The van der Waals surface area contributed by atoms with Crippen molar-refractivity contribution < 1.29 is 14.1 Å².